The number of hydrogen-bond donors (Lipinski definition) is 1. The lowest BCUT2D eigenvalue weighted by atomic mass is 10.1. The van der Waals surface area contributed by atoms with E-state index >= 15 is 0 Å². The van der Waals surface area contributed by atoms with Crippen molar-refractivity contribution in [2.24, 2.45) is 0 Å². The molecule has 0 aliphatic carbocycles. The van der Waals surface area contributed by atoms with Gasteiger partial charge < -0.3 is 5.11 Å². The molecule has 1 nitrogen and oxygen atoms in total. The van der Waals surface area contributed by atoms with E-state index in [4.69, 9.17) is 0 Å². The fourth-order valence-electron chi connectivity index (χ4n) is 1.24. The lowest BCUT2D eigenvalue weighted by molar-refractivity contribution is -0.127. The molecule has 1 aromatic carbocycles. The van der Waals surface area contributed by atoms with Crippen molar-refractivity contribution < 1.29 is 18.3 Å². The molecule has 4 heteroatoms. The Balaban J connectivity index is 2.93. The van der Waals surface area contributed by atoms with Gasteiger partial charge in [-0.1, -0.05) is 18.2 Å². The number of benzene rings is 1. The van der Waals surface area contributed by atoms with Gasteiger partial charge in [0.25, 0.3) is 0 Å². The summed E-state index contributed by atoms with van der Waals surface area (Å²) in [4.78, 5) is 0. The SMILES string of the molecule is CC=C(O)c1cccc(CC(F)(F)F)c1. The number of aliphatic hydroxyl groups excluding tert-OH is 1. The Morgan fingerprint density at radius 3 is 2.60 bits per heavy atom. The largest absolute Gasteiger partial charge is 0.508 e. The Kier molecular flexibility index (Phi) is 3.39. The number of hydrogen-bond acceptors (Lipinski definition) is 1. The topological polar surface area (TPSA) is 20.2 Å². The van der Waals surface area contributed by atoms with Crippen LogP contribution in [0, 0.1) is 0 Å². The van der Waals surface area contributed by atoms with Gasteiger partial charge in [0, 0.05) is 5.56 Å². The molecule has 82 valence electrons. The number of halogens is 3. The first-order valence-corrected chi connectivity index (χ1v) is 4.44. The summed E-state index contributed by atoms with van der Waals surface area (Å²) in [5.41, 5.74) is 0.549. The average molecular weight is 216 g/mol. The van der Waals surface area contributed by atoms with Gasteiger partial charge in [0.15, 0.2) is 0 Å². The molecule has 1 aromatic rings. The number of allylic oxidation sites excluding steroid dienone is 1. The highest BCUT2D eigenvalue weighted by Gasteiger charge is 2.27. The van der Waals surface area contributed by atoms with Crippen molar-refractivity contribution in [2.45, 2.75) is 19.5 Å². The molecule has 1 rings (SSSR count). The lowest BCUT2D eigenvalue weighted by Crippen LogP contribution is -2.11. The zero-order chi connectivity index (χ0) is 11.5. The molecule has 15 heavy (non-hydrogen) atoms. The van der Waals surface area contributed by atoms with Crippen molar-refractivity contribution in [3.63, 3.8) is 0 Å². The molecule has 0 spiro atoms. The van der Waals surface area contributed by atoms with E-state index < -0.39 is 12.6 Å². The molecule has 0 saturated heterocycles. The van der Waals surface area contributed by atoms with E-state index in [2.05, 4.69) is 0 Å². The van der Waals surface area contributed by atoms with Crippen molar-refractivity contribution in [3.8, 4) is 0 Å². The van der Waals surface area contributed by atoms with E-state index in [1.807, 2.05) is 0 Å². The second-order valence-corrected chi connectivity index (χ2v) is 3.17. The summed E-state index contributed by atoms with van der Waals surface area (Å²) < 4.78 is 36.2. The zero-order valence-corrected chi connectivity index (χ0v) is 8.17. The zero-order valence-electron chi connectivity index (χ0n) is 8.17. The van der Waals surface area contributed by atoms with E-state index in [0.717, 1.165) is 0 Å². The summed E-state index contributed by atoms with van der Waals surface area (Å²) in [6, 6.07) is 5.79. The van der Waals surface area contributed by atoms with Gasteiger partial charge in [-0.05, 0) is 24.6 Å². The van der Waals surface area contributed by atoms with Gasteiger partial charge in [-0.25, -0.2) is 0 Å². The predicted molar refractivity (Wildman–Crippen MR) is 52.5 cm³/mol. The third-order valence-corrected chi connectivity index (χ3v) is 1.90. The first-order valence-electron chi connectivity index (χ1n) is 4.44. The standard InChI is InChI=1S/C11H11F3O/c1-2-10(15)9-5-3-4-8(6-9)7-11(12,13)14/h2-6,15H,7H2,1H3. The van der Waals surface area contributed by atoms with E-state index in [1.54, 1.807) is 13.0 Å². The van der Waals surface area contributed by atoms with E-state index in [9.17, 15) is 18.3 Å². The second-order valence-electron chi connectivity index (χ2n) is 3.17. The fourth-order valence-corrected chi connectivity index (χ4v) is 1.24. The predicted octanol–water partition coefficient (Wildman–Crippen LogP) is 3.71. The lowest BCUT2D eigenvalue weighted by Gasteiger charge is -2.07. The smallest absolute Gasteiger partial charge is 0.393 e. The average Bonchev–Trinajstić information content (AvgIpc) is 2.14. The molecule has 0 unspecified atom stereocenters. The minimum atomic E-state index is -4.22. The van der Waals surface area contributed by atoms with Gasteiger partial charge in [0.2, 0.25) is 0 Å². The van der Waals surface area contributed by atoms with Crippen LogP contribution in [0.25, 0.3) is 5.76 Å². The Bertz CT molecular complexity index is 366. The van der Waals surface area contributed by atoms with Crippen LogP contribution in [0.5, 0.6) is 0 Å². The first kappa shape index (κ1) is 11.6. The van der Waals surface area contributed by atoms with Crippen LogP contribution in [-0.2, 0) is 6.42 Å². The molecule has 0 aliphatic rings. The minimum Gasteiger partial charge on any atom is -0.508 e. The molecule has 0 fully saturated rings. The molecule has 1 N–H and O–H groups in total. The molecule has 0 saturated carbocycles. The highest BCUT2D eigenvalue weighted by atomic mass is 19.4. The highest BCUT2D eigenvalue weighted by molar-refractivity contribution is 5.58. The van der Waals surface area contributed by atoms with E-state index in [-0.39, 0.29) is 11.3 Å². The van der Waals surface area contributed by atoms with Crippen molar-refractivity contribution in [1.29, 1.82) is 0 Å². The number of rotatable bonds is 2. The minimum absolute atomic E-state index is 0.0148. The molecule has 0 atom stereocenters. The van der Waals surface area contributed by atoms with Gasteiger partial charge in [0.1, 0.15) is 5.76 Å². The third-order valence-electron chi connectivity index (χ3n) is 1.90. The van der Waals surface area contributed by atoms with Crippen LogP contribution in [-0.4, -0.2) is 11.3 Å². The van der Waals surface area contributed by atoms with Crippen LogP contribution in [0.2, 0.25) is 0 Å². The highest BCUT2D eigenvalue weighted by Crippen LogP contribution is 2.22. The molecule has 0 aromatic heterocycles. The van der Waals surface area contributed by atoms with E-state index in [1.165, 1.54) is 24.3 Å². The van der Waals surface area contributed by atoms with Gasteiger partial charge in [-0.3, -0.25) is 0 Å². The maximum Gasteiger partial charge on any atom is 0.393 e. The van der Waals surface area contributed by atoms with Gasteiger partial charge in [-0.2, -0.15) is 13.2 Å². The maximum absolute atomic E-state index is 12.1. The molecule has 0 radical (unpaired) electrons. The van der Waals surface area contributed by atoms with Crippen LogP contribution in [0.3, 0.4) is 0 Å². The van der Waals surface area contributed by atoms with Crippen molar-refractivity contribution >= 4 is 5.76 Å². The molecule has 0 aliphatic heterocycles. The quantitative estimate of drug-likeness (QED) is 0.747. The van der Waals surface area contributed by atoms with E-state index in [0.29, 0.717) is 5.56 Å². The molecular formula is C11H11F3O. The first-order chi connectivity index (χ1) is 6.92. The summed E-state index contributed by atoms with van der Waals surface area (Å²) in [5.74, 6) is -0.0148. The van der Waals surface area contributed by atoms with Crippen LogP contribution < -0.4 is 0 Å². The molecule has 0 amide bonds. The van der Waals surface area contributed by atoms with Gasteiger partial charge in [0.05, 0.1) is 6.42 Å². The fraction of sp³-hybridized carbons (Fsp3) is 0.273. The number of alkyl halides is 3. The van der Waals surface area contributed by atoms with Gasteiger partial charge >= 0.3 is 6.18 Å². The maximum atomic E-state index is 12.1. The van der Waals surface area contributed by atoms with Crippen molar-refractivity contribution in [3.05, 3.63) is 41.5 Å². The summed E-state index contributed by atoms with van der Waals surface area (Å²) >= 11 is 0. The van der Waals surface area contributed by atoms with Crippen molar-refractivity contribution in [1.82, 2.24) is 0 Å². The van der Waals surface area contributed by atoms with Crippen LogP contribution >= 0.6 is 0 Å². The monoisotopic (exact) mass is 216 g/mol. The summed E-state index contributed by atoms with van der Waals surface area (Å²) in [5, 5.41) is 9.33. The molecule has 0 heterocycles. The summed E-state index contributed by atoms with van der Waals surface area (Å²) in [6.45, 7) is 1.62. The Morgan fingerprint density at radius 1 is 1.40 bits per heavy atom. The Labute approximate surface area is 85.9 Å². The number of aliphatic hydroxyl groups is 1. The molecular weight excluding hydrogens is 205 g/mol. The second kappa shape index (κ2) is 4.38. The Hall–Kier alpha value is -1.45. The van der Waals surface area contributed by atoms with Crippen molar-refractivity contribution in [2.75, 3.05) is 0 Å². The third kappa shape index (κ3) is 3.65. The van der Waals surface area contributed by atoms with Crippen LogP contribution in [0.15, 0.2) is 30.3 Å². The van der Waals surface area contributed by atoms with Crippen LogP contribution in [0.1, 0.15) is 18.1 Å². The Morgan fingerprint density at radius 2 is 2.07 bits per heavy atom. The molecule has 0 bridgehead atoms. The summed E-state index contributed by atoms with van der Waals surface area (Å²) in [6.07, 6.45) is -3.76. The van der Waals surface area contributed by atoms with Crippen LogP contribution in [0.4, 0.5) is 13.2 Å². The van der Waals surface area contributed by atoms with Gasteiger partial charge in [-0.15, -0.1) is 0 Å². The normalized spacial score (nSPS) is 12.9. The summed E-state index contributed by atoms with van der Waals surface area (Å²) in [7, 11) is 0.